The largest absolute Gasteiger partial charge is 0.490 e. The van der Waals surface area contributed by atoms with Gasteiger partial charge in [-0.2, -0.15) is 5.26 Å². The second-order valence-electron chi connectivity index (χ2n) is 5.68. The molecule has 0 aliphatic heterocycles. The molecule has 28 heavy (non-hydrogen) atoms. The van der Waals surface area contributed by atoms with Crippen molar-refractivity contribution in [1.82, 2.24) is 0 Å². The third kappa shape index (κ3) is 6.02. The molecule has 1 amide bonds. The second-order valence-corrected chi connectivity index (χ2v) is 5.68. The second kappa shape index (κ2) is 10.6. The maximum atomic E-state index is 12.2. The molecule has 7 heteroatoms. The molecular weight excluding hydrogens is 360 g/mol. The summed E-state index contributed by atoms with van der Waals surface area (Å²) in [6.07, 6.45) is 0.303. The van der Waals surface area contributed by atoms with Crippen LogP contribution in [0.25, 0.3) is 0 Å². The molecule has 2 aromatic carbocycles. The van der Waals surface area contributed by atoms with E-state index in [1.54, 1.807) is 36.4 Å². The lowest BCUT2D eigenvalue weighted by atomic mass is 10.1. The minimum Gasteiger partial charge on any atom is -0.490 e. The van der Waals surface area contributed by atoms with Gasteiger partial charge in [0.05, 0.1) is 31.3 Å². The number of hydrogen-bond donors (Lipinski definition) is 1. The minimum absolute atomic E-state index is 0.264. The zero-order chi connectivity index (χ0) is 20.4. The minimum atomic E-state index is -0.636. The quantitative estimate of drug-likeness (QED) is 0.668. The first kappa shape index (κ1) is 20.8. The Morgan fingerprint density at radius 2 is 1.68 bits per heavy atom. The van der Waals surface area contributed by atoms with E-state index in [-0.39, 0.29) is 5.56 Å². The number of hydrogen-bond acceptors (Lipinski definition) is 6. The average molecular weight is 382 g/mol. The molecule has 1 N–H and O–H groups in total. The molecule has 2 rings (SSSR count). The molecule has 0 heterocycles. The van der Waals surface area contributed by atoms with Crippen LogP contribution in [0, 0.1) is 11.3 Å². The Balaban J connectivity index is 1.92. The molecule has 0 saturated heterocycles. The zero-order valence-electron chi connectivity index (χ0n) is 15.9. The molecule has 0 bridgehead atoms. The fourth-order valence-corrected chi connectivity index (χ4v) is 2.39. The molecule has 0 aromatic heterocycles. The molecule has 0 aliphatic rings. The highest BCUT2D eigenvalue weighted by Crippen LogP contribution is 2.28. The van der Waals surface area contributed by atoms with Crippen molar-refractivity contribution < 1.29 is 23.8 Å². The normalized spacial score (nSPS) is 9.89. The van der Waals surface area contributed by atoms with E-state index >= 15 is 0 Å². The number of anilines is 1. The van der Waals surface area contributed by atoms with E-state index in [4.69, 9.17) is 19.5 Å². The van der Waals surface area contributed by atoms with Gasteiger partial charge in [0, 0.05) is 5.69 Å². The van der Waals surface area contributed by atoms with Crippen LogP contribution >= 0.6 is 0 Å². The summed E-state index contributed by atoms with van der Waals surface area (Å²) in [6, 6.07) is 13.6. The van der Waals surface area contributed by atoms with Crippen LogP contribution in [-0.4, -0.2) is 31.7 Å². The van der Waals surface area contributed by atoms with Gasteiger partial charge in [-0.25, -0.2) is 4.79 Å². The number of amides is 1. The van der Waals surface area contributed by atoms with E-state index in [2.05, 4.69) is 11.4 Å². The van der Waals surface area contributed by atoms with Crippen LogP contribution in [-0.2, 0) is 16.0 Å². The van der Waals surface area contributed by atoms with Crippen LogP contribution in [0.4, 0.5) is 5.69 Å². The van der Waals surface area contributed by atoms with Gasteiger partial charge in [0.15, 0.2) is 18.1 Å². The molecule has 0 radical (unpaired) electrons. The standard InChI is InChI=1S/C21H22N2O5/c1-3-26-18-10-7-16(13-19(18)27-4-2)21(25)28-14-20(24)23-17-8-5-15(6-9-17)11-12-22/h5-10,13H,3-4,11,14H2,1-2H3,(H,23,24). The summed E-state index contributed by atoms with van der Waals surface area (Å²) < 4.78 is 16.0. The summed E-state index contributed by atoms with van der Waals surface area (Å²) in [6.45, 7) is 4.16. The van der Waals surface area contributed by atoms with E-state index in [9.17, 15) is 9.59 Å². The van der Waals surface area contributed by atoms with Crippen LogP contribution in [0.2, 0.25) is 0 Å². The highest BCUT2D eigenvalue weighted by molar-refractivity contribution is 5.95. The van der Waals surface area contributed by atoms with Gasteiger partial charge in [0.2, 0.25) is 0 Å². The molecule has 146 valence electrons. The summed E-state index contributed by atoms with van der Waals surface area (Å²) in [7, 11) is 0. The maximum absolute atomic E-state index is 12.2. The Morgan fingerprint density at radius 1 is 1.00 bits per heavy atom. The average Bonchev–Trinajstić information content (AvgIpc) is 2.69. The Labute approximate surface area is 163 Å². The first-order chi connectivity index (χ1) is 13.6. The van der Waals surface area contributed by atoms with Crippen LogP contribution < -0.4 is 14.8 Å². The van der Waals surface area contributed by atoms with Crippen molar-refractivity contribution in [3.8, 4) is 17.6 Å². The lowest BCUT2D eigenvalue weighted by Crippen LogP contribution is -2.21. The summed E-state index contributed by atoms with van der Waals surface area (Å²) in [5.41, 5.74) is 1.68. The summed E-state index contributed by atoms with van der Waals surface area (Å²) in [5.74, 6) is -0.111. The zero-order valence-corrected chi connectivity index (χ0v) is 15.9. The summed E-state index contributed by atoms with van der Waals surface area (Å²) >= 11 is 0. The van der Waals surface area contributed by atoms with Gasteiger partial charge in [0.25, 0.3) is 5.91 Å². The smallest absolute Gasteiger partial charge is 0.338 e. The van der Waals surface area contributed by atoms with Gasteiger partial charge in [-0.3, -0.25) is 4.79 Å². The van der Waals surface area contributed by atoms with Crippen molar-refractivity contribution >= 4 is 17.6 Å². The summed E-state index contributed by atoms with van der Waals surface area (Å²) in [5, 5.41) is 11.3. The Kier molecular flexibility index (Phi) is 7.85. The van der Waals surface area contributed by atoms with E-state index in [0.717, 1.165) is 5.56 Å². The van der Waals surface area contributed by atoms with Gasteiger partial charge in [-0.05, 0) is 49.7 Å². The predicted molar refractivity (Wildman–Crippen MR) is 103 cm³/mol. The predicted octanol–water partition coefficient (Wildman–Crippen LogP) is 3.35. The highest BCUT2D eigenvalue weighted by Gasteiger charge is 2.14. The lowest BCUT2D eigenvalue weighted by molar-refractivity contribution is -0.119. The molecule has 2 aromatic rings. The van der Waals surface area contributed by atoms with Crippen molar-refractivity contribution in [2.45, 2.75) is 20.3 Å². The highest BCUT2D eigenvalue weighted by atomic mass is 16.5. The molecule has 0 unspecified atom stereocenters. The number of esters is 1. The van der Waals surface area contributed by atoms with Crippen LogP contribution in [0.5, 0.6) is 11.5 Å². The van der Waals surface area contributed by atoms with Crippen molar-refractivity contribution in [3.05, 3.63) is 53.6 Å². The van der Waals surface area contributed by atoms with Crippen LogP contribution in [0.1, 0.15) is 29.8 Å². The molecule has 0 spiro atoms. The van der Waals surface area contributed by atoms with Gasteiger partial charge < -0.3 is 19.5 Å². The van der Waals surface area contributed by atoms with Gasteiger partial charge in [-0.15, -0.1) is 0 Å². The topological polar surface area (TPSA) is 97.6 Å². The number of nitrogens with zero attached hydrogens (tertiary/aromatic N) is 1. The number of nitriles is 1. The number of carbonyl (C=O) groups excluding carboxylic acids is 2. The van der Waals surface area contributed by atoms with Crippen LogP contribution in [0.3, 0.4) is 0 Å². The molecule has 7 nitrogen and oxygen atoms in total. The number of ether oxygens (including phenoxy) is 3. The fraction of sp³-hybridized carbons (Fsp3) is 0.286. The van der Waals surface area contributed by atoms with Crippen molar-refractivity contribution in [3.63, 3.8) is 0 Å². The Bertz CT molecular complexity index is 856. The molecule has 0 aliphatic carbocycles. The van der Waals surface area contributed by atoms with Crippen molar-refractivity contribution in [1.29, 1.82) is 5.26 Å². The van der Waals surface area contributed by atoms with Gasteiger partial charge in [0.1, 0.15) is 0 Å². The van der Waals surface area contributed by atoms with Crippen LogP contribution in [0.15, 0.2) is 42.5 Å². The molecular formula is C21H22N2O5. The van der Waals surface area contributed by atoms with Crippen molar-refractivity contribution in [2.24, 2.45) is 0 Å². The number of carbonyl (C=O) groups is 2. The maximum Gasteiger partial charge on any atom is 0.338 e. The number of nitrogens with one attached hydrogen (secondary N) is 1. The fourth-order valence-electron chi connectivity index (χ4n) is 2.39. The third-order valence-corrected chi connectivity index (χ3v) is 3.63. The molecule has 0 saturated carbocycles. The summed E-state index contributed by atoms with van der Waals surface area (Å²) in [4.78, 5) is 24.2. The number of benzene rings is 2. The van der Waals surface area contributed by atoms with E-state index in [1.807, 2.05) is 13.8 Å². The third-order valence-electron chi connectivity index (χ3n) is 3.63. The monoisotopic (exact) mass is 382 g/mol. The Morgan fingerprint density at radius 3 is 2.32 bits per heavy atom. The van der Waals surface area contributed by atoms with Gasteiger partial charge in [-0.1, -0.05) is 12.1 Å². The first-order valence-electron chi connectivity index (χ1n) is 8.89. The first-order valence-corrected chi connectivity index (χ1v) is 8.89. The van der Waals surface area contributed by atoms with E-state index in [1.165, 1.54) is 6.07 Å². The van der Waals surface area contributed by atoms with E-state index < -0.39 is 18.5 Å². The lowest BCUT2D eigenvalue weighted by Gasteiger charge is -2.12. The van der Waals surface area contributed by atoms with Crippen molar-refractivity contribution in [2.75, 3.05) is 25.1 Å². The van der Waals surface area contributed by atoms with Gasteiger partial charge >= 0.3 is 5.97 Å². The Hall–Kier alpha value is -3.53. The van der Waals surface area contributed by atoms with E-state index in [0.29, 0.717) is 36.8 Å². The number of rotatable bonds is 9. The SMILES string of the molecule is CCOc1ccc(C(=O)OCC(=O)Nc2ccc(CC#N)cc2)cc1OCC. The molecule has 0 atom stereocenters. The molecule has 0 fully saturated rings.